The van der Waals surface area contributed by atoms with Crippen LogP contribution in [0.15, 0.2) is 65.3 Å². The smallest absolute Gasteiger partial charge is 0.488 e. The van der Waals surface area contributed by atoms with Gasteiger partial charge in [0, 0.05) is 0 Å². The highest BCUT2D eigenvalue weighted by atomic mass is 16.5. The van der Waals surface area contributed by atoms with E-state index in [1.807, 2.05) is 25.1 Å². The maximum absolute atomic E-state index is 13.7. The molecule has 2 heterocycles. The first-order valence-corrected chi connectivity index (χ1v) is 13.1. The van der Waals surface area contributed by atoms with Crippen molar-refractivity contribution in [3.05, 3.63) is 70.8 Å². The van der Waals surface area contributed by atoms with Gasteiger partial charge in [-0.25, -0.2) is 0 Å². The molecule has 202 valence electrons. The van der Waals surface area contributed by atoms with Crippen LogP contribution in [0.1, 0.15) is 31.7 Å². The lowest BCUT2D eigenvalue weighted by atomic mass is 9.58. The number of phenols is 1. The van der Waals surface area contributed by atoms with Gasteiger partial charge in [-0.15, -0.1) is 0 Å². The van der Waals surface area contributed by atoms with Gasteiger partial charge in [0.05, 0.1) is 30.2 Å². The highest BCUT2D eigenvalue weighted by Crippen LogP contribution is 2.51. The van der Waals surface area contributed by atoms with E-state index in [0.717, 1.165) is 21.6 Å². The van der Waals surface area contributed by atoms with Gasteiger partial charge < -0.3 is 29.9 Å². The summed E-state index contributed by atoms with van der Waals surface area (Å²) in [5, 5.41) is 49.6. The van der Waals surface area contributed by atoms with Gasteiger partial charge in [0.1, 0.15) is 5.75 Å². The summed E-state index contributed by atoms with van der Waals surface area (Å²) in [7, 11) is -2.86. The fourth-order valence-corrected chi connectivity index (χ4v) is 6.28. The number of hydrogen-bond donors (Lipinski definition) is 5. The zero-order valence-corrected chi connectivity index (χ0v) is 21.6. The van der Waals surface area contributed by atoms with Crippen molar-refractivity contribution in [1.82, 2.24) is 0 Å². The number of phenolic OH excluding ortho intramolecular Hbond substituents is 1. The SMILES string of the molecule is C/C(=C\c1ccc(O)cc1)CC[C@H]1OB(O)C[C@H]2C1=C(CO)C[C@H]1C(=O)N(c3cccc(B(O)O)c3)C(=O)[C@H]12. The number of carbonyl (C=O) groups excluding carboxylic acids is 2. The number of aromatic hydroxyl groups is 1. The molecule has 0 aromatic heterocycles. The van der Waals surface area contributed by atoms with Crippen LogP contribution in [-0.4, -0.2) is 64.0 Å². The van der Waals surface area contributed by atoms with E-state index in [1.165, 1.54) is 12.1 Å². The molecule has 0 unspecified atom stereocenters. The van der Waals surface area contributed by atoms with E-state index in [9.17, 15) is 34.9 Å². The van der Waals surface area contributed by atoms with Gasteiger partial charge >= 0.3 is 14.2 Å². The maximum atomic E-state index is 13.7. The van der Waals surface area contributed by atoms with Gasteiger partial charge in [0.2, 0.25) is 11.8 Å². The van der Waals surface area contributed by atoms with E-state index in [2.05, 4.69) is 0 Å². The Morgan fingerprint density at radius 3 is 2.56 bits per heavy atom. The van der Waals surface area contributed by atoms with E-state index >= 15 is 0 Å². The summed E-state index contributed by atoms with van der Waals surface area (Å²) in [5.41, 5.74) is 3.89. The summed E-state index contributed by atoms with van der Waals surface area (Å²) in [6.45, 7) is 1.71. The number of allylic oxidation sites excluding steroid dienone is 1. The second-order valence-electron chi connectivity index (χ2n) is 10.6. The summed E-state index contributed by atoms with van der Waals surface area (Å²) in [6.07, 6.45) is 3.00. The molecule has 11 heteroatoms. The zero-order chi connectivity index (χ0) is 27.8. The van der Waals surface area contributed by atoms with Crippen molar-refractivity contribution in [2.75, 3.05) is 11.5 Å². The largest absolute Gasteiger partial charge is 0.508 e. The molecule has 0 bridgehead atoms. The first-order valence-electron chi connectivity index (χ1n) is 13.1. The van der Waals surface area contributed by atoms with E-state index < -0.39 is 49.9 Å². The lowest BCUT2D eigenvalue weighted by Gasteiger charge is -2.42. The number of anilines is 1. The van der Waals surface area contributed by atoms with Gasteiger partial charge in [0.15, 0.2) is 0 Å². The van der Waals surface area contributed by atoms with Crippen molar-refractivity contribution >= 4 is 43.3 Å². The molecule has 2 aromatic rings. The van der Waals surface area contributed by atoms with Crippen LogP contribution < -0.4 is 10.4 Å². The first kappa shape index (κ1) is 27.4. The molecule has 39 heavy (non-hydrogen) atoms. The average molecular weight is 531 g/mol. The molecular weight excluding hydrogens is 500 g/mol. The molecule has 2 fully saturated rings. The minimum atomic E-state index is -1.74. The van der Waals surface area contributed by atoms with Crippen LogP contribution in [0.5, 0.6) is 5.75 Å². The molecule has 0 spiro atoms. The first-order chi connectivity index (χ1) is 18.7. The molecule has 2 aliphatic heterocycles. The van der Waals surface area contributed by atoms with E-state index in [4.69, 9.17) is 4.65 Å². The lowest BCUT2D eigenvalue weighted by molar-refractivity contribution is -0.122. The van der Waals surface area contributed by atoms with Crippen molar-refractivity contribution in [3.63, 3.8) is 0 Å². The lowest BCUT2D eigenvalue weighted by Crippen LogP contribution is -2.46. The Hall–Kier alpha value is -3.21. The second kappa shape index (κ2) is 11.1. The van der Waals surface area contributed by atoms with Gasteiger partial charge in [0.25, 0.3) is 0 Å². The molecule has 2 saturated heterocycles. The molecule has 3 aliphatic rings. The van der Waals surface area contributed by atoms with E-state index in [-0.39, 0.29) is 36.2 Å². The number of fused-ring (bicyclic) bond motifs is 3. The van der Waals surface area contributed by atoms with Crippen LogP contribution in [0, 0.1) is 17.8 Å². The number of benzene rings is 2. The number of hydrogen-bond acceptors (Lipinski definition) is 8. The van der Waals surface area contributed by atoms with Crippen molar-refractivity contribution in [1.29, 1.82) is 0 Å². The summed E-state index contributed by atoms with van der Waals surface area (Å²) in [6, 6.07) is 12.9. The van der Waals surface area contributed by atoms with E-state index in [1.54, 1.807) is 24.3 Å². The molecular formula is C28H31B2NO8. The summed E-state index contributed by atoms with van der Waals surface area (Å²) in [4.78, 5) is 28.3. The molecule has 5 rings (SSSR count). The zero-order valence-electron chi connectivity index (χ0n) is 21.6. The number of imide groups is 1. The third-order valence-electron chi connectivity index (χ3n) is 8.03. The molecule has 0 radical (unpaired) electrons. The normalized spacial score (nSPS) is 25.2. The Kier molecular flexibility index (Phi) is 7.80. The molecule has 2 aromatic carbocycles. The third-order valence-corrected chi connectivity index (χ3v) is 8.03. The quantitative estimate of drug-likeness (QED) is 0.204. The second-order valence-corrected chi connectivity index (χ2v) is 10.6. The van der Waals surface area contributed by atoms with Crippen molar-refractivity contribution < 1.29 is 39.5 Å². The molecule has 1 aliphatic carbocycles. The fraction of sp³-hybridized carbons (Fsp3) is 0.357. The topological polar surface area (TPSA) is 148 Å². The standard InChI is InChI=1S/C28H31B2NO8/c1-16(11-17-6-8-21(33)9-7-17)5-10-24-25-18(15-32)12-22-26(23(25)14-29(36)39-24)28(35)31(27(22)34)20-4-2-3-19(13-20)30(37)38/h2-4,6-9,11,13,22-24,26,32-33,36-38H,5,10,12,14-15H2,1H3/b16-11+/t22-,23+,24-,26-/m1/s1. The Labute approximate surface area is 227 Å². The minimum Gasteiger partial charge on any atom is -0.508 e. The average Bonchev–Trinajstić information content (AvgIpc) is 3.17. The molecule has 0 saturated carbocycles. The minimum absolute atomic E-state index is 0.140. The van der Waals surface area contributed by atoms with Gasteiger partial charge in [-0.2, -0.15) is 0 Å². The number of carbonyl (C=O) groups is 2. The van der Waals surface area contributed by atoms with Crippen LogP contribution in [0.3, 0.4) is 0 Å². The predicted octanol–water partition coefficient (Wildman–Crippen LogP) is 1.25. The number of amides is 2. The summed E-state index contributed by atoms with van der Waals surface area (Å²) < 4.78 is 5.93. The van der Waals surface area contributed by atoms with Gasteiger partial charge in [-0.3, -0.25) is 14.5 Å². The van der Waals surface area contributed by atoms with Crippen molar-refractivity contribution in [3.8, 4) is 5.75 Å². The molecule has 2 amide bonds. The number of rotatable bonds is 7. The Morgan fingerprint density at radius 2 is 1.87 bits per heavy atom. The fourth-order valence-electron chi connectivity index (χ4n) is 6.28. The molecule has 9 nitrogen and oxygen atoms in total. The van der Waals surface area contributed by atoms with Gasteiger partial charge in [-0.05, 0) is 84.9 Å². The van der Waals surface area contributed by atoms with Crippen LogP contribution >= 0.6 is 0 Å². The van der Waals surface area contributed by atoms with Crippen LogP contribution in [0.2, 0.25) is 6.32 Å². The highest BCUT2D eigenvalue weighted by Gasteiger charge is 2.57. The Morgan fingerprint density at radius 1 is 1.13 bits per heavy atom. The highest BCUT2D eigenvalue weighted by molar-refractivity contribution is 6.58. The summed E-state index contributed by atoms with van der Waals surface area (Å²) >= 11 is 0. The number of nitrogens with zero attached hydrogens (tertiary/aromatic N) is 1. The Balaban J connectivity index is 1.41. The van der Waals surface area contributed by atoms with Crippen LogP contribution in [0.4, 0.5) is 5.69 Å². The third kappa shape index (κ3) is 5.33. The monoisotopic (exact) mass is 531 g/mol. The predicted molar refractivity (Wildman–Crippen MR) is 147 cm³/mol. The molecule has 4 atom stereocenters. The van der Waals surface area contributed by atoms with Crippen LogP contribution in [0.25, 0.3) is 6.08 Å². The summed E-state index contributed by atoms with van der Waals surface area (Å²) in [5.74, 6) is -2.46. The number of aliphatic hydroxyl groups excluding tert-OH is 1. The van der Waals surface area contributed by atoms with Gasteiger partial charge in [-0.1, -0.05) is 35.9 Å². The maximum Gasteiger partial charge on any atom is 0.488 e. The van der Waals surface area contributed by atoms with Crippen molar-refractivity contribution in [2.45, 2.75) is 38.6 Å². The number of aliphatic hydroxyl groups is 1. The van der Waals surface area contributed by atoms with Crippen molar-refractivity contribution in [2.24, 2.45) is 17.8 Å². The Bertz CT molecular complexity index is 1330. The molecule has 5 N–H and O–H groups in total. The van der Waals surface area contributed by atoms with E-state index in [0.29, 0.717) is 18.4 Å². The van der Waals surface area contributed by atoms with Crippen LogP contribution in [-0.2, 0) is 14.2 Å².